The molecule has 0 radical (unpaired) electrons. The fourth-order valence-electron chi connectivity index (χ4n) is 2.90. The molecule has 8 nitrogen and oxygen atoms in total. The van der Waals surface area contributed by atoms with Crippen LogP contribution in [0.2, 0.25) is 0 Å². The number of carbonyl (C=O) groups is 1. The molecule has 2 rings (SSSR count). The number of non-ortho nitro benzene ring substituents is 1. The lowest BCUT2D eigenvalue weighted by molar-refractivity contribution is -0.384. The summed E-state index contributed by atoms with van der Waals surface area (Å²) in [6, 6.07) is 7.70. The summed E-state index contributed by atoms with van der Waals surface area (Å²) in [4.78, 5) is 23.2. The molecule has 0 saturated carbocycles. The molecule has 10 heteroatoms. The second-order valence-electron chi connectivity index (χ2n) is 6.74. The molecule has 29 heavy (non-hydrogen) atoms. The standard InChI is InChI=1S/C19H22FN3O5S/c1-12-5-10-17(23(25)26)11-18(12)22(29(4,27)28)14(3)19(24)21-13(2)15-6-8-16(20)9-7-15/h5-11,13-14H,1-4H3,(H,21,24). The van der Waals surface area contributed by atoms with E-state index >= 15 is 0 Å². The smallest absolute Gasteiger partial charge is 0.271 e. The number of nitro groups is 1. The van der Waals surface area contributed by atoms with E-state index in [9.17, 15) is 27.7 Å². The monoisotopic (exact) mass is 423 g/mol. The van der Waals surface area contributed by atoms with E-state index in [1.165, 1.54) is 43.3 Å². The molecule has 2 aromatic rings. The summed E-state index contributed by atoms with van der Waals surface area (Å²) < 4.78 is 38.8. The number of benzene rings is 2. The molecule has 2 aromatic carbocycles. The van der Waals surface area contributed by atoms with Crippen molar-refractivity contribution < 1.29 is 22.5 Å². The summed E-state index contributed by atoms with van der Waals surface area (Å²) in [5.74, 6) is -1.01. The first kappa shape index (κ1) is 22.3. The van der Waals surface area contributed by atoms with E-state index in [1.807, 2.05) is 0 Å². The van der Waals surface area contributed by atoms with Gasteiger partial charge >= 0.3 is 0 Å². The van der Waals surface area contributed by atoms with Gasteiger partial charge in [0.1, 0.15) is 11.9 Å². The highest BCUT2D eigenvalue weighted by molar-refractivity contribution is 7.92. The van der Waals surface area contributed by atoms with Gasteiger partial charge in [-0.2, -0.15) is 0 Å². The molecule has 0 bridgehead atoms. The van der Waals surface area contributed by atoms with E-state index in [0.29, 0.717) is 11.1 Å². The third kappa shape index (κ3) is 5.29. The van der Waals surface area contributed by atoms with E-state index in [2.05, 4.69) is 5.32 Å². The average Bonchev–Trinajstić information content (AvgIpc) is 2.62. The second kappa shape index (κ2) is 8.56. The van der Waals surface area contributed by atoms with Gasteiger partial charge < -0.3 is 5.32 Å². The van der Waals surface area contributed by atoms with Crippen molar-refractivity contribution in [2.45, 2.75) is 32.9 Å². The van der Waals surface area contributed by atoms with Gasteiger partial charge in [0.15, 0.2) is 0 Å². The van der Waals surface area contributed by atoms with Crippen LogP contribution in [0, 0.1) is 22.9 Å². The van der Waals surface area contributed by atoms with Crippen molar-refractivity contribution in [3.8, 4) is 0 Å². The van der Waals surface area contributed by atoms with E-state index in [4.69, 9.17) is 0 Å². The van der Waals surface area contributed by atoms with Crippen LogP contribution in [0.15, 0.2) is 42.5 Å². The van der Waals surface area contributed by atoms with Gasteiger partial charge in [-0.15, -0.1) is 0 Å². The number of aryl methyl sites for hydroxylation is 1. The number of hydrogen-bond acceptors (Lipinski definition) is 5. The summed E-state index contributed by atoms with van der Waals surface area (Å²) in [6.45, 7) is 4.68. The van der Waals surface area contributed by atoms with E-state index < -0.39 is 38.8 Å². The minimum atomic E-state index is -3.93. The Balaban J connectivity index is 2.36. The zero-order valence-corrected chi connectivity index (χ0v) is 17.2. The number of anilines is 1. The second-order valence-corrected chi connectivity index (χ2v) is 8.60. The third-order valence-corrected chi connectivity index (χ3v) is 5.69. The maximum absolute atomic E-state index is 13.1. The molecule has 0 aliphatic carbocycles. The molecule has 156 valence electrons. The topological polar surface area (TPSA) is 110 Å². The number of nitro benzene ring substituents is 1. The molecule has 0 fully saturated rings. The summed E-state index contributed by atoms with van der Waals surface area (Å²) in [6.07, 6.45) is 0.929. The van der Waals surface area contributed by atoms with Crippen LogP contribution in [-0.4, -0.2) is 31.5 Å². The SMILES string of the molecule is Cc1ccc([N+](=O)[O-])cc1N(C(C)C(=O)NC(C)c1ccc(F)cc1)S(C)(=O)=O. The van der Waals surface area contributed by atoms with Crippen LogP contribution in [0.1, 0.15) is 31.0 Å². The predicted octanol–water partition coefficient (Wildman–Crippen LogP) is 3.07. The molecule has 0 aromatic heterocycles. The van der Waals surface area contributed by atoms with Crippen LogP contribution in [0.5, 0.6) is 0 Å². The number of hydrogen-bond donors (Lipinski definition) is 1. The van der Waals surface area contributed by atoms with E-state index in [1.54, 1.807) is 13.8 Å². The zero-order valence-electron chi connectivity index (χ0n) is 16.4. The third-order valence-electron chi connectivity index (χ3n) is 4.46. The quantitative estimate of drug-likeness (QED) is 0.544. The van der Waals surface area contributed by atoms with Crippen LogP contribution >= 0.6 is 0 Å². The summed E-state index contributed by atoms with van der Waals surface area (Å²) in [7, 11) is -3.93. The highest BCUT2D eigenvalue weighted by Crippen LogP contribution is 2.29. The van der Waals surface area contributed by atoms with Gasteiger partial charge in [-0.3, -0.25) is 19.2 Å². The Hall–Kier alpha value is -3.01. The normalized spacial score (nSPS) is 13.4. The maximum atomic E-state index is 13.1. The zero-order chi connectivity index (χ0) is 21.9. The largest absolute Gasteiger partial charge is 0.348 e. The van der Waals surface area contributed by atoms with Crippen molar-refractivity contribution in [3.63, 3.8) is 0 Å². The fraction of sp³-hybridized carbons (Fsp3) is 0.316. The van der Waals surface area contributed by atoms with Crippen molar-refractivity contribution in [2.24, 2.45) is 0 Å². The summed E-state index contributed by atoms with van der Waals surface area (Å²) in [5, 5.41) is 13.8. The Morgan fingerprint density at radius 1 is 1.17 bits per heavy atom. The molecule has 2 atom stereocenters. The Bertz CT molecular complexity index is 1020. The van der Waals surface area contributed by atoms with Gasteiger partial charge in [0.2, 0.25) is 15.9 Å². The highest BCUT2D eigenvalue weighted by atomic mass is 32.2. The van der Waals surface area contributed by atoms with Crippen molar-refractivity contribution in [3.05, 3.63) is 69.5 Å². The number of rotatable bonds is 7. The number of halogens is 1. The number of amides is 1. The molecular formula is C19H22FN3O5S. The Labute approximate surface area is 168 Å². The molecule has 0 saturated heterocycles. The van der Waals surface area contributed by atoms with E-state index in [0.717, 1.165) is 16.6 Å². The maximum Gasteiger partial charge on any atom is 0.271 e. The minimum Gasteiger partial charge on any atom is -0.348 e. The van der Waals surface area contributed by atoms with Crippen LogP contribution in [0.3, 0.4) is 0 Å². The van der Waals surface area contributed by atoms with Crippen molar-refractivity contribution >= 4 is 27.3 Å². The Morgan fingerprint density at radius 3 is 2.28 bits per heavy atom. The average molecular weight is 423 g/mol. The van der Waals surface area contributed by atoms with Crippen LogP contribution < -0.4 is 9.62 Å². The number of sulfonamides is 1. The Kier molecular flexibility index (Phi) is 6.58. The molecule has 1 amide bonds. The number of nitrogens with zero attached hydrogens (tertiary/aromatic N) is 2. The lowest BCUT2D eigenvalue weighted by Crippen LogP contribution is -2.48. The van der Waals surface area contributed by atoms with Crippen molar-refractivity contribution in [1.29, 1.82) is 0 Å². The highest BCUT2D eigenvalue weighted by Gasteiger charge is 2.31. The van der Waals surface area contributed by atoms with Crippen molar-refractivity contribution in [1.82, 2.24) is 5.32 Å². The van der Waals surface area contributed by atoms with Gasteiger partial charge in [0, 0.05) is 12.1 Å². The van der Waals surface area contributed by atoms with Crippen LogP contribution in [0.4, 0.5) is 15.8 Å². The lowest BCUT2D eigenvalue weighted by Gasteiger charge is -2.30. The molecule has 2 unspecified atom stereocenters. The Morgan fingerprint density at radius 2 is 1.76 bits per heavy atom. The first-order valence-corrected chi connectivity index (χ1v) is 10.6. The first-order chi connectivity index (χ1) is 13.4. The summed E-state index contributed by atoms with van der Waals surface area (Å²) >= 11 is 0. The van der Waals surface area contributed by atoms with Crippen LogP contribution in [0.25, 0.3) is 0 Å². The van der Waals surface area contributed by atoms with Crippen LogP contribution in [-0.2, 0) is 14.8 Å². The van der Waals surface area contributed by atoms with Gasteiger partial charge in [-0.1, -0.05) is 18.2 Å². The fourth-order valence-corrected chi connectivity index (χ4v) is 4.12. The molecule has 1 N–H and O–H groups in total. The van der Waals surface area contributed by atoms with E-state index in [-0.39, 0.29) is 11.4 Å². The predicted molar refractivity (Wildman–Crippen MR) is 108 cm³/mol. The molecule has 0 heterocycles. The lowest BCUT2D eigenvalue weighted by atomic mass is 10.1. The van der Waals surface area contributed by atoms with Gasteiger partial charge in [-0.05, 0) is 44.0 Å². The van der Waals surface area contributed by atoms with Gasteiger partial charge in [0.25, 0.3) is 5.69 Å². The van der Waals surface area contributed by atoms with Gasteiger partial charge in [-0.25, -0.2) is 12.8 Å². The number of carbonyl (C=O) groups excluding carboxylic acids is 1. The summed E-state index contributed by atoms with van der Waals surface area (Å²) in [5.41, 5.74) is 0.877. The van der Waals surface area contributed by atoms with Gasteiger partial charge in [0.05, 0.1) is 22.9 Å². The molecular weight excluding hydrogens is 401 g/mol. The number of nitrogens with one attached hydrogen (secondary N) is 1. The molecule has 0 spiro atoms. The van der Waals surface area contributed by atoms with Crippen molar-refractivity contribution in [2.75, 3.05) is 10.6 Å². The molecule has 0 aliphatic heterocycles. The minimum absolute atomic E-state index is 0.0544. The molecule has 0 aliphatic rings. The first-order valence-electron chi connectivity index (χ1n) is 8.72.